The van der Waals surface area contributed by atoms with Gasteiger partial charge in [0.05, 0.1) is 18.9 Å². The van der Waals surface area contributed by atoms with E-state index in [0.29, 0.717) is 5.75 Å². The van der Waals surface area contributed by atoms with Crippen LogP contribution in [0.3, 0.4) is 0 Å². The number of aliphatic carboxylic acids is 2. The van der Waals surface area contributed by atoms with Gasteiger partial charge < -0.3 is 49.1 Å². The first-order valence-electron chi connectivity index (χ1n) is 10.7. The maximum absolute atomic E-state index is 12.8. The van der Waals surface area contributed by atoms with Crippen LogP contribution in [0.1, 0.15) is 32.1 Å². The number of rotatable bonds is 18. The van der Waals surface area contributed by atoms with Crippen LogP contribution in [0.4, 0.5) is 0 Å². The van der Waals surface area contributed by atoms with E-state index in [1.54, 1.807) is 6.26 Å². The average molecular weight is 535 g/mol. The first-order valence-corrected chi connectivity index (χ1v) is 12.1. The van der Waals surface area contributed by atoms with E-state index in [2.05, 4.69) is 20.9 Å². The van der Waals surface area contributed by atoms with Gasteiger partial charge in [-0.1, -0.05) is 0 Å². The molecule has 0 rings (SSSR count). The Bertz CT molecular complexity index is 836. The van der Waals surface area contributed by atoms with Crippen molar-refractivity contribution in [2.75, 3.05) is 18.6 Å². The predicted molar refractivity (Wildman–Crippen MR) is 130 cm³/mol. The summed E-state index contributed by atoms with van der Waals surface area (Å²) in [5.41, 5.74) is 21.0. The largest absolute Gasteiger partial charge is 0.481 e. The molecule has 0 aromatic heterocycles. The van der Waals surface area contributed by atoms with Gasteiger partial charge in [0.1, 0.15) is 18.1 Å². The number of guanidine groups is 1. The molecule has 4 unspecified atom stereocenters. The Balaban J connectivity index is 5.46. The number of amides is 4. The molecule has 0 aliphatic heterocycles. The highest BCUT2D eigenvalue weighted by molar-refractivity contribution is 7.98. The Labute approximate surface area is 211 Å². The summed E-state index contributed by atoms with van der Waals surface area (Å²) in [4.78, 5) is 75.3. The highest BCUT2D eigenvalue weighted by Gasteiger charge is 2.31. The van der Waals surface area contributed by atoms with E-state index in [4.69, 9.17) is 22.9 Å². The average Bonchev–Trinajstić information content (AvgIpc) is 2.76. The van der Waals surface area contributed by atoms with Crippen molar-refractivity contribution < 1.29 is 39.0 Å². The molecule has 0 radical (unpaired) electrons. The van der Waals surface area contributed by atoms with Crippen molar-refractivity contribution in [2.45, 2.75) is 56.3 Å². The van der Waals surface area contributed by atoms with Gasteiger partial charge in [-0.05, 0) is 31.3 Å². The maximum Gasteiger partial charge on any atom is 0.326 e. The molecule has 0 aromatic carbocycles. The van der Waals surface area contributed by atoms with Crippen LogP contribution in [0, 0.1) is 0 Å². The third kappa shape index (κ3) is 14.0. The van der Waals surface area contributed by atoms with Crippen molar-refractivity contribution in [1.82, 2.24) is 16.0 Å². The number of carboxylic acid groups (broad SMARTS) is 2. The van der Waals surface area contributed by atoms with E-state index in [9.17, 15) is 39.0 Å². The van der Waals surface area contributed by atoms with Crippen molar-refractivity contribution in [3.8, 4) is 0 Å². The third-order valence-corrected chi connectivity index (χ3v) is 5.22. The zero-order valence-electron chi connectivity index (χ0n) is 19.8. The van der Waals surface area contributed by atoms with Gasteiger partial charge in [-0.2, -0.15) is 11.8 Å². The van der Waals surface area contributed by atoms with E-state index in [-0.39, 0.29) is 31.8 Å². The van der Waals surface area contributed by atoms with Gasteiger partial charge in [0, 0.05) is 6.54 Å². The van der Waals surface area contributed by atoms with Crippen LogP contribution in [-0.2, 0) is 28.8 Å². The summed E-state index contributed by atoms with van der Waals surface area (Å²) >= 11 is 1.35. The molecular formula is C19H34N8O8S. The number of nitrogens with zero attached hydrogens (tertiary/aromatic N) is 1. The Morgan fingerprint density at radius 3 is 1.89 bits per heavy atom. The normalized spacial score (nSPS) is 13.8. The van der Waals surface area contributed by atoms with Crippen molar-refractivity contribution in [3.05, 3.63) is 0 Å². The van der Waals surface area contributed by atoms with Crippen LogP contribution in [-0.4, -0.2) is 94.5 Å². The summed E-state index contributed by atoms with van der Waals surface area (Å²) in [6.45, 7) is 0.103. The molecule has 204 valence electrons. The molecule has 17 heteroatoms. The monoisotopic (exact) mass is 534 g/mol. The Morgan fingerprint density at radius 1 is 0.833 bits per heavy atom. The molecule has 0 saturated carbocycles. The molecule has 0 aliphatic rings. The lowest BCUT2D eigenvalue weighted by atomic mass is 10.1. The van der Waals surface area contributed by atoms with Crippen LogP contribution >= 0.6 is 11.8 Å². The van der Waals surface area contributed by atoms with Crippen LogP contribution < -0.4 is 38.9 Å². The molecule has 36 heavy (non-hydrogen) atoms. The Kier molecular flexibility index (Phi) is 15.2. The van der Waals surface area contributed by atoms with E-state index >= 15 is 0 Å². The number of primary amides is 1. The Morgan fingerprint density at radius 2 is 1.39 bits per heavy atom. The lowest BCUT2D eigenvalue weighted by Crippen LogP contribution is -2.57. The predicted octanol–water partition coefficient (Wildman–Crippen LogP) is -3.99. The molecule has 0 saturated heterocycles. The second kappa shape index (κ2) is 16.9. The van der Waals surface area contributed by atoms with Gasteiger partial charge in [0.2, 0.25) is 23.6 Å². The fraction of sp³-hybridized carbons (Fsp3) is 0.632. The van der Waals surface area contributed by atoms with E-state index < -0.39 is 72.6 Å². The van der Waals surface area contributed by atoms with E-state index in [1.807, 2.05) is 0 Å². The third-order valence-electron chi connectivity index (χ3n) is 4.57. The molecule has 4 atom stereocenters. The first-order chi connectivity index (χ1) is 16.8. The molecule has 0 bridgehead atoms. The number of hydrogen-bond acceptors (Lipinski definition) is 9. The number of nitrogens with one attached hydrogen (secondary N) is 3. The topological polar surface area (TPSA) is 295 Å². The number of carbonyl (C=O) groups is 6. The van der Waals surface area contributed by atoms with Gasteiger partial charge in [-0.15, -0.1) is 0 Å². The molecule has 0 fully saturated rings. The van der Waals surface area contributed by atoms with Crippen molar-refractivity contribution in [3.63, 3.8) is 0 Å². The number of hydrogen-bond donors (Lipinski definition) is 9. The molecule has 0 aliphatic carbocycles. The number of thioether (sulfide) groups is 1. The standard InChI is InChI=1S/C19H34N8O8S/c1-36-6-4-10(25-15(31)9(20)7-13(21)28)16(32)27-12(8-14(29)30)17(33)26-11(18(34)35)3-2-5-24-19(22)23/h9-12H,2-8,20H2,1H3,(H2,21,28)(H,25,31)(H,26,33)(H,27,32)(H,29,30)(H,34,35)(H4,22,23,24). The van der Waals surface area contributed by atoms with Crippen molar-refractivity contribution >= 4 is 53.3 Å². The van der Waals surface area contributed by atoms with Gasteiger partial charge in [0.15, 0.2) is 5.96 Å². The summed E-state index contributed by atoms with van der Waals surface area (Å²) in [5.74, 6) is -6.24. The van der Waals surface area contributed by atoms with Crippen LogP contribution in [0.2, 0.25) is 0 Å². The summed E-state index contributed by atoms with van der Waals surface area (Å²) in [7, 11) is 0. The fourth-order valence-electron chi connectivity index (χ4n) is 2.78. The minimum Gasteiger partial charge on any atom is -0.481 e. The molecule has 0 spiro atoms. The van der Waals surface area contributed by atoms with Crippen LogP contribution in [0.5, 0.6) is 0 Å². The minimum atomic E-state index is -1.65. The molecule has 16 nitrogen and oxygen atoms in total. The fourth-order valence-corrected chi connectivity index (χ4v) is 3.25. The molecule has 0 aromatic rings. The minimum absolute atomic E-state index is 0.0737. The van der Waals surface area contributed by atoms with E-state index in [1.165, 1.54) is 11.8 Å². The number of carbonyl (C=O) groups excluding carboxylic acids is 4. The summed E-state index contributed by atoms with van der Waals surface area (Å²) < 4.78 is 0. The van der Waals surface area contributed by atoms with E-state index in [0.717, 1.165) is 0 Å². The summed E-state index contributed by atoms with van der Waals surface area (Å²) in [5, 5.41) is 25.3. The van der Waals surface area contributed by atoms with Gasteiger partial charge >= 0.3 is 11.9 Å². The zero-order chi connectivity index (χ0) is 27.8. The van der Waals surface area contributed by atoms with Crippen LogP contribution in [0.15, 0.2) is 4.99 Å². The second-order valence-corrected chi connectivity index (χ2v) is 8.61. The summed E-state index contributed by atoms with van der Waals surface area (Å²) in [6, 6.07) is -5.59. The zero-order valence-corrected chi connectivity index (χ0v) is 20.6. The highest BCUT2D eigenvalue weighted by atomic mass is 32.2. The quantitative estimate of drug-likeness (QED) is 0.0462. The van der Waals surface area contributed by atoms with Gasteiger partial charge in [-0.25, -0.2) is 4.79 Å². The van der Waals surface area contributed by atoms with Gasteiger partial charge in [0.25, 0.3) is 0 Å². The van der Waals surface area contributed by atoms with Crippen molar-refractivity contribution in [2.24, 2.45) is 27.9 Å². The maximum atomic E-state index is 12.8. The first kappa shape index (κ1) is 32.4. The van der Waals surface area contributed by atoms with Gasteiger partial charge in [-0.3, -0.25) is 29.0 Å². The van der Waals surface area contributed by atoms with Crippen LogP contribution in [0.25, 0.3) is 0 Å². The van der Waals surface area contributed by atoms with Crippen molar-refractivity contribution in [1.29, 1.82) is 0 Å². The smallest absolute Gasteiger partial charge is 0.326 e. The Hall–Kier alpha value is -3.60. The SMILES string of the molecule is CSCCC(NC(=O)C(N)CC(N)=O)C(=O)NC(CC(=O)O)C(=O)NC(CCCN=C(N)N)C(=O)O. The summed E-state index contributed by atoms with van der Waals surface area (Å²) in [6.07, 6.45) is 0.630. The second-order valence-electron chi connectivity index (χ2n) is 7.63. The highest BCUT2D eigenvalue weighted by Crippen LogP contribution is 2.05. The number of carboxylic acids is 2. The number of aliphatic imine (C=N–C) groups is 1. The molecule has 0 heterocycles. The number of nitrogens with two attached hydrogens (primary N) is 4. The molecule has 4 amide bonds. The molecule has 13 N–H and O–H groups in total. The molecular weight excluding hydrogens is 500 g/mol. The lowest BCUT2D eigenvalue weighted by molar-refractivity contribution is -0.143. The lowest BCUT2D eigenvalue weighted by Gasteiger charge is -2.24.